The standard InChI is InChI=1S/C16H21N3O2/c1-12-2-5-14(16(18)20)11-19(12)8-9-21-15-6-3-13(10-17)4-7-15/h3-4,6-7,12,14H,2,5,8-9,11H2,1H3,(H2,18,20). The normalized spacial score (nSPS) is 22.5. The number of hydrogen-bond donors (Lipinski definition) is 1. The lowest BCUT2D eigenvalue weighted by Gasteiger charge is -2.36. The van der Waals surface area contributed by atoms with Gasteiger partial charge in [-0.25, -0.2) is 0 Å². The van der Waals surface area contributed by atoms with Gasteiger partial charge in [0.15, 0.2) is 0 Å². The predicted octanol–water partition coefficient (Wildman–Crippen LogP) is 1.52. The molecule has 0 saturated carbocycles. The van der Waals surface area contributed by atoms with Crippen molar-refractivity contribution in [3.8, 4) is 11.8 Å². The number of nitriles is 1. The van der Waals surface area contributed by atoms with E-state index in [0.717, 1.165) is 25.1 Å². The molecule has 0 aromatic heterocycles. The van der Waals surface area contributed by atoms with E-state index >= 15 is 0 Å². The summed E-state index contributed by atoms with van der Waals surface area (Å²) >= 11 is 0. The minimum atomic E-state index is -0.208. The van der Waals surface area contributed by atoms with Gasteiger partial charge in [0, 0.05) is 19.1 Å². The van der Waals surface area contributed by atoms with Gasteiger partial charge in [-0.15, -0.1) is 0 Å². The minimum Gasteiger partial charge on any atom is -0.492 e. The highest BCUT2D eigenvalue weighted by molar-refractivity contribution is 5.76. The number of rotatable bonds is 5. The van der Waals surface area contributed by atoms with Crippen LogP contribution in [0.2, 0.25) is 0 Å². The van der Waals surface area contributed by atoms with Gasteiger partial charge >= 0.3 is 0 Å². The number of primary amides is 1. The SMILES string of the molecule is CC1CCC(C(N)=O)CN1CCOc1ccc(C#N)cc1. The van der Waals surface area contributed by atoms with E-state index in [2.05, 4.69) is 17.9 Å². The maximum atomic E-state index is 11.3. The van der Waals surface area contributed by atoms with Gasteiger partial charge in [-0.1, -0.05) is 0 Å². The van der Waals surface area contributed by atoms with Crippen LogP contribution in [0.25, 0.3) is 0 Å². The molecule has 1 heterocycles. The molecular formula is C16H21N3O2. The number of nitrogens with two attached hydrogens (primary N) is 1. The fraction of sp³-hybridized carbons (Fsp3) is 0.500. The summed E-state index contributed by atoms with van der Waals surface area (Å²) in [7, 11) is 0. The summed E-state index contributed by atoms with van der Waals surface area (Å²) in [5.74, 6) is 0.501. The molecule has 1 amide bonds. The number of nitrogens with zero attached hydrogens (tertiary/aromatic N) is 2. The molecule has 1 aromatic carbocycles. The molecule has 112 valence electrons. The Kier molecular flexibility index (Phi) is 5.18. The Hall–Kier alpha value is -2.06. The van der Waals surface area contributed by atoms with Crippen molar-refractivity contribution in [3.63, 3.8) is 0 Å². The van der Waals surface area contributed by atoms with Crippen LogP contribution in [0.4, 0.5) is 0 Å². The second-order valence-electron chi connectivity index (χ2n) is 5.51. The summed E-state index contributed by atoms with van der Waals surface area (Å²) in [6.45, 7) is 4.21. The summed E-state index contributed by atoms with van der Waals surface area (Å²) in [5, 5.41) is 8.74. The van der Waals surface area contributed by atoms with Crippen LogP contribution in [0.15, 0.2) is 24.3 Å². The molecule has 0 spiro atoms. The lowest BCUT2D eigenvalue weighted by molar-refractivity contribution is -0.124. The zero-order valence-electron chi connectivity index (χ0n) is 12.3. The van der Waals surface area contributed by atoms with Gasteiger partial charge in [0.2, 0.25) is 5.91 Å². The van der Waals surface area contributed by atoms with Crippen LogP contribution in [0.5, 0.6) is 5.75 Å². The van der Waals surface area contributed by atoms with E-state index in [1.807, 2.05) is 0 Å². The van der Waals surface area contributed by atoms with E-state index in [1.165, 1.54) is 0 Å². The summed E-state index contributed by atoms with van der Waals surface area (Å²) in [4.78, 5) is 13.6. The van der Waals surface area contributed by atoms with Crippen molar-refractivity contribution in [1.82, 2.24) is 4.90 Å². The van der Waals surface area contributed by atoms with Crippen LogP contribution in [0.3, 0.4) is 0 Å². The molecular weight excluding hydrogens is 266 g/mol. The monoisotopic (exact) mass is 287 g/mol. The zero-order chi connectivity index (χ0) is 15.2. The van der Waals surface area contributed by atoms with Crippen LogP contribution < -0.4 is 10.5 Å². The third kappa shape index (κ3) is 4.20. The molecule has 1 saturated heterocycles. The fourth-order valence-electron chi connectivity index (χ4n) is 2.63. The third-order valence-electron chi connectivity index (χ3n) is 4.04. The van der Waals surface area contributed by atoms with Crippen molar-refractivity contribution >= 4 is 5.91 Å². The first-order valence-corrected chi connectivity index (χ1v) is 7.26. The van der Waals surface area contributed by atoms with Crippen LogP contribution >= 0.6 is 0 Å². The smallest absolute Gasteiger partial charge is 0.221 e. The van der Waals surface area contributed by atoms with E-state index in [9.17, 15) is 4.79 Å². The number of amides is 1. The Morgan fingerprint density at radius 1 is 1.43 bits per heavy atom. The second-order valence-corrected chi connectivity index (χ2v) is 5.51. The average Bonchev–Trinajstić information content (AvgIpc) is 2.49. The molecule has 2 N–H and O–H groups in total. The molecule has 5 heteroatoms. The van der Waals surface area contributed by atoms with Crippen LogP contribution in [-0.4, -0.2) is 36.5 Å². The van der Waals surface area contributed by atoms with Gasteiger partial charge in [-0.3, -0.25) is 9.69 Å². The zero-order valence-corrected chi connectivity index (χ0v) is 12.3. The van der Waals surface area contributed by atoms with Crippen molar-refractivity contribution in [3.05, 3.63) is 29.8 Å². The van der Waals surface area contributed by atoms with Crippen molar-refractivity contribution in [2.75, 3.05) is 19.7 Å². The van der Waals surface area contributed by atoms with Gasteiger partial charge < -0.3 is 10.5 Å². The number of ether oxygens (including phenoxy) is 1. The Labute approximate surface area is 125 Å². The summed E-state index contributed by atoms with van der Waals surface area (Å²) in [6.07, 6.45) is 1.87. The number of carbonyl (C=O) groups excluding carboxylic acids is 1. The Morgan fingerprint density at radius 3 is 2.76 bits per heavy atom. The average molecular weight is 287 g/mol. The lowest BCUT2D eigenvalue weighted by Crippen LogP contribution is -2.47. The maximum absolute atomic E-state index is 11.3. The van der Waals surface area contributed by atoms with E-state index in [-0.39, 0.29) is 11.8 Å². The Morgan fingerprint density at radius 2 is 2.14 bits per heavy atom. The summed E-state index contributed by atoms with van der Waals surface area (Å²) in [6, 6.07) is 9.59. The molecule has 0 bridgehead atoms. The first-order valence-electron chi connectivity index (χ1n) is 7.26. The minimum absolute atomic E-state index is 0.0453. The fourth-order valence-corrected chi connectivity index (χ4v) is 2.63. The molecule has 1 aliphatic heterocycles. The molecule has 1 fully saturated rings. The Balaban J connectivity index is 1.81. The van der Waals surface area contributed by atoms with E-state index < -0.39 is 0 Å². The number of hydrogen-bond acceptors (Lipinski definition) is 4. The molecule has 1 aromatic rings. The van der Waals surface area contributed by atoms with Gasteiger partial charge in [-0.2, -0.15) is 5.26 Å². The van der Waals surface area contributed by atoms with Gasteiger partial charge in [-0.05, 0) is 44.0 Å². The van der Waals surface area contributed by atoms with Crippen LogP contribution in [0, 0.1) is 17.2 Å². The van der Waals surface area contributed by atoms with Gasteiger partial charge in [0.1, 0.15) is 12.4 Å². The second kappa shape index (κ2) is 7.09. The molecule has 21 heavy (non-hydrogen) atoms. The number of likely N-dealkylation sites (tertiary alicyclic amines) is 1. The largest absolute Gasteiger partial charge is 0.492 e. The topological polar surface area (TPSA) is 79.3 Å². The first kappa shape index (κ1) is 15.3. The summed E-state index contributed by atoms with van der Waals surface area (Å²) < 4.78 is 5.69. The molecule has 5 nitrogen and oxygen atoms in total. The molecule has 0 radical (unpaired) electrons. The molecule has 1 aliphatic rings. The first-order chi connectivity index (χ1) is 10.1. The number of piperidine rings is 1. The van der Waals surface area contributed by atoms with Crippen molar-refractivity contribution in [2.24, 2.45) is 11.7 Å². The van der Waals surface area contributed by atoms with Crippen molar-refractivity contribution < 1.29 is 9.53 Å². The number of carbonyl (C=O) groups is 1. The molecule has 2 rings (SSSR count). The lowest BCUT2D eigenvalue weighted by atomic mass is 9.93. The van der Waals surface area contributed by atoms with Crippen molar-refractivity contribution in [1.29, 1.82) is 5.26 Å². The highest BCUT2D eigenvalue weighted by Gasteiger charge is 2.28. The van der Waals surface area contributed by atoms with Crippen molar-refractivity contribution in [2.45, 2.75) is 25.8 Å². The van der Waals surface area contributed by atoms with Gasteiger partial charge in [0.25, 0.3) is 0 Å². The van der Waals surface area contributed by atoms with E-state index in [1.54, 1.807) is 24.3 Å². The third-order valence-corrected chi connectivity index (χ3v) is 4.04. The molecule has 2 unspecified atom stereocenters. The number of benzene rings is 1. The predicted molar refractivity (Wildman–Crippen MR) is 79.6 cm³/mol. The highest BCUT2D eigenvalue weighted by atomic mass is 16.5. The quantitative estimate of drug-likeness (QED) is 0.890. The van der Waals surface area contributed by atoms with Crippen LogP contribution in [-0.2, 0) is 4.79 Å². The molecule has 0 aliphatic carbocycles. The maximum Gasteiger partial charge on any atom is 0.221 e. The van der Waals surface area contributed by atoms with E-state index in [0.29, 0.717) is 24.8 Å². The van der Waals surface area contributed by atoms with Gasteiger partial charge in [0.05, 0.1) is 17.6 Å². The summed E-state index contributed by atoms with van der Waals surface area (Å²) in [5.41, 5.74) is 6.02. The van der Waals surface area contributed by atoms with E-state index in [4.69, 9.17) is 15.7 Å². The Bertz CT molecular complexity index is 521. The highest BCUT2D eigenvalue weighted by Crippen LogP contribution is 2.21. The van der Waals surface area contributed by atoms with Crippen LogP contribution in [0.1, 0.15) is 25.3 Å². The molecule has 2 atom stereocenters.